The summed E-state index contributed by atoms with van der Waals surface area (Å²) in [6.45, 7) is 7.26. The van der Waals surface area contributed by atoms with Crippen LogP contribution in [0.5, 0.6) is 0 Å². The topological polar surface area (TPSA) is 72.5 Å². The van der Waals surface area contributed by atoms with E-state index in [4.69, 9.17) is 4.74 Å². The van der Waals surface area contributed by atoms with Crippen LogP contribution in [0.2, 0.25) is 0 Å². The molecule has 0 saturated heterocycles. The molecule has 2 aromatic carbocycles. The molecule has 152 valence electrons. The Morgan fingerprint density at radius 1 is 1.04 bits per heavy atom. The van der Waals surface area contributed by atoms with E-state index in [0.717, 1.165) is 16.7 Å². The molecule has 0 aliphatic carbocycles. The van der Waals surface area contributed by atoms with Gasteiger partial charge in [-0.2, -0.15) is 0 Å². The maximum atomic E-state index is 12.3. The van der Waals surface area contributed by atoms with Crippen LogP contribution < -0.4 is 5.32 Å². The number of nitrogens with one attached hydrogen (secondary N) is 1. The van der Waals surface area contributed by atoms with Gasteiger partial charge >= 0.3 is 6.09 Å². The summed E-state index contributed by atoms with van der Waals surface area (Å²) in [6, 6.07) is 16.9. The SMILES string of the molecule is CCS(=O)(=O)C(C)(C)c1ccc(CC(C)NC(=O)OCc2ccccc2)cc1. The average Bonchev–Trinajstić information content (AvgIpc) is 2.67. The lowest BCUT2D eigenvalue weighted by molar-refractivity contribution is 0.136. The fraction of sp³-hybridized carbons (Fsp3) is 0.409. The van der Waals surface area contributed by atoms with Crippen molar-refractivity contribution in [1.29, 1.82) is 0 Å². The summed E-state index contributed by atoms with van der Waals surface area (Å²) in [5, 5.41) is 2.82. The zero-order chi connectivity index (χ0) is 20.8. The molecular weight excluding hydrogens is 374 g/mol. The Balaban J connectivity index is 1.90. The molecule has 2 rings (SSSR count). The van der Waals surface area contributed by atoms with E-state index in [1.54, 1.807) is 20.8 Å². The van der Waals surface area contributed by atoms with E-state index < -0.39 is 20.7 Å². The van der Waals surface area contributed by atoms with Gasteiger partial charge in [0.2, 0.25) is 0 Å². The maximum absolute atomic E-state index is 12.3. The summed E-state index contributed by atoms with van der Waals surface area (Å²) in [5.74, 6) is 0.105. The molecule has 0 aromatic heterocycles. The number of carbonyl (C=O) groups is 1. The predicted molar refractivity (Wildman–Crippen MR) is 112 cm³/mol. The molecule has 0 aliphatic rings. The third-order valence-electron chi connectivity index (χ3n) is 4.93. The molecule has 0 saturated carbocycles. The number of hydrogen-bond donors (Lipinski definition) is 1. The van der Waals surface area contributed by atoms with Crippen LogP contribution in [-0.4, -0.2) is 26.3 Å². The molecule has 5 nitrogen and oxygen atoms in total. The van der Waals surface area contributed by atoms with Crippen molar-refractivity contribution in [2.75, 3.05) is 5.75 Å². The van der Waals surface area contributed by atoms with Gasteiger partial charge < -0.3 is 10.1 Å². The molecule has 28 heavy (non-hydrogen) atoms. The first-order valence-corrected chi connectivity index (χ1v) is 11.1. The lowest BCUT2D eigenvalue weighted by Gasteiger charge is -2.25. The summed E-state index contributed by atoms with van der Waals surface area (Å²) >= 11 is 0. The van der Waals surface area contributed by atoms with Crippen LogP contribution in [0.3, 0.4) is 0 Å². The summed E-state index contributed by atoms with van der Waals surface area (Å²) in [5.41, 5.74) is 2.72. The van der Waals surface area contributed by atoms with Crippen molar-refractivity contribution in [3.8, 4) is 0 Å². The van der Waals surface area contributed by atoms with E-state index in [-0.39, 0.29) is 18.4 Å². The molecule has 6 heteroatoms. The van der Waals surface area contributed by atoms with E-state index in [9.17, 15) is 13.2 Å². The Hall–Kier alpha value is -2.34. The van der Waals surface area contributed by atoms with Crippen LogP contribution in [0.15, 0.2) is 54.6 Å². The van der Waals surface area contributed by atoms with Crippen LogP contribution in [0.1, 0.15) is 44.4 Å². The molecule has 0 fully saturated rings. The Morgan fingerprint density at radius 2 is 1.64 bits per heavy atom. The molecule has 0 heterocycles. The molecule has 0 radical (unpaired) electrons. The molecular formula is C22H29NO4S. The largest absolute Gasteiger partial charge is 0.445 e. The second kappa shape index (κ2) is 9.24. The first-order chi connectivity index (χ1) is 13.2. The van der Waals surface area contributed by atoms with Gasteiger partial charge in [-0.25, -0.2) is 13.2 Å². The number of rotatable bonds is 8. The number of ether oxygens (including phenoxy) is 1. The summed E-state index contributed by atoms with van der Waals surface area (Å²) in [4.78, 5) is 11.9. The van der Waals surface area contributed by atoms with Gasteiger partial charge in [-0.05, 0) is 43.9 Å². The van der Waals surface area contributed by atoms with Crippen molar-refractivity contribution in [3.63, 3.8) is 0 Å². The number of sulfone groups is 1. The minimum atomic E-state index is -3.21. The molecule has 1 amide bonds. The van der Waals surface area contributed by atoms with Crippen molar-refractivity contribution in [3.05, 3.63) is 71.3 Å². The van der Waals surface area contributed by atoms with Crippen LogP contribution in [0.25, 0.3) is 0 Å². The molecule has 1 unspecified atom stereocenters. The van der Waals surface area contributed by atoms with Gasteiger partial charge in [0.15, 0.2) is 9.84 Å². The predicted octanol–water partition coefficient (Wildman–Crippen LogP) is 4.21. The third-order valence-corrected chi connectivity index (χ3v) is 7.48. The zero-order valence-electron chi connectivity index (χ0n) is 16.9. The van der Waals surface area contributed by atoms with Crippen LogP contribution >= 0.6 is 0 Å². The van der Waals surface area contributed by atoms with Crippen molar-refractivity contribution in [1.82, 2.24) is 5.32 Å². The van der Waals surface area contributed by atoms with Gasteiger partial charge in [0.1, 0.15) is 6.61 Å². The summed E-state index contributed by atoms with van der Waals surface area (Å²) in [6.07, 6.45) is 0.171. The fourth-order valence-corrected chi connectivity index (χ4v) is 4.17. The molecule has 1 N–H and O–H groups in total. The van der Waals surface area contributed by atoms with Gasteiger partial charge in [0, 0.05) is 11.8 Å². The zero-order valence-corrected chi connectivity index (χ0v) is 17.8. The van der Waals surface area contributed by atoms with Crippen molar-refractivity contribution in [2.45, 2.75) is 51.5 Å². The Kier molecular flexibility index (Phi) is 7.24. The molecule has 1 atom stereocenters. The van der Waals surface area contributed by atoms with Crippen LogP contribution in [0.4, 0.5) is 4.79 Å². The number of amides is 1. The average molecular weight is 404 g/mol. The highest BCUT2D eigenvalue weighted by molar-refractivity contribution is 7.92. The quantitative estimate of drug-likeness (QED) is 0.716. The standard InChI is InChI=1S/C22H29NO4S/c1-5-28(25,26)22(3,4)20-13-11-18(12-14-20)15-17(2)23-21(24)27-16-19-9-7-6-8-10-19/h6-14,17H,5,15-16H2,1-4H3,(H,23,24). The second-order valence-electron chi connectivity index (χ2n) is 7.42. The van der Waals surface area contributed by atoms with E-state index in [2.05, 4.69) is 5.32 Å². The number of alkyl carbamates (subject to hydrolysis) is 1. The van der Waals surface area contributed by atoms with Crippen molar-refractivity contribution >= 4 is 15.9 Å². The van der Waals surface area contributed by atoms with Crippen LogP contribution in [-0.2, 0) is 32.3 Å². The lowest BCUT2D eigenvalue weighted by atomic mass is 9.99. The first kappa shape index (κ1) is 22.0. The van der Waals surface area contributed by atoms with Crippen molar-refractivity contribution in [2.24, 2.45) is 0 Å². The first-order valence-electron chi connectivity index (χ1n) is 9.44. The second-order valence-corrected chi connectivity index (χ2v) is 10.2. The number of carbonyl (C=O) groups excluding carboxylic acids is 1. The number of hydrogen-bond acceptors (Lipinski definition) is 4. The highest BCUT2D eigenvalue weighted by Crippen LogP contribution is 2.30. The van der Waals surface area contributed by atoms with Gasteiger partial charge in [-0.3, -0.25) is 0 Å². The van der Waals surface area contributed by atoms with Gasteiger partial charge in [0.05, 0.1) is 4.75 Å². The van der Waals surface area contributed by atoms with E-state index in [1.165, 1.54) is 0 Å². The monoisotopic (exact) mass is 403 g/mol. The minimum Gasteiger partial charge on any atom is -0.445 e. The number of benzene rings is 2. The smallest absolute Gasteiger partial charge is 0.407 e. The summed E-state index contributed by atoms with van der Waals surface area (Å²) < 4.78 is 28.9. The maximum Gasteiger partial charge on any atom is 0.407 e. The van der Waals surface area contributed by atoms with E-state index >= 15 is 0 Å². The van der Waals surface area contributed by atoms with E-state index in [0.29, 0.717) is 6.42 Å². The van der Waals surface area contributed by atoms with Crippen molar-refractivity contribution < 1.29 is 17.9 Å². The fourth-order valence-electron chi connectivity index (χ4n) is 2.95. The summed E-state index contributed by atoms with van der Waals surface area (Å²) in [7, 11) is -3.21. The normalized spacial score (nSPS) is 13.0. The van der Waals surface area contributed by atoms with Crippen LogP contribution in [0, 0.1) is 0 Å². The van der Waals surface area contributed by atoms with Gasteiger partial charge in [-0.15, -0.1) is 0 Å². The Bertz CT molecular complexity index is 875. The Morgan fingerprint density at radius 3 is 2.21 bits per heavy atom. The third kappa shape index (κ3) is 5.58. The lowest BCUT2D eigenvalue weighted by Crippen LogP contribution is -2.34. The van der Waals surface area contributed by atoms with Gasteiger partial charge in [0.25, 0.3) is 0 Å². The highest BCUT2D eigenvalue weighted by atomic mass is 32.2. The molecule has 0 bridgehead atoms. The highest BCUT2D eigenvalue weighted by Gasteiger charge is 2.34. The molecule has 2 aromatic rings. The van der Waals surface area contributed by atoms with E-state index in [1.807, 2.05) is 61.5 Å². The molecule has 0 aliphatic heterocycles. The minimum absolute atomic E-state index is 0.105. The van der Waals surface area contributed by atoms with Gasteiger partial charge in [-0.1, -0.05) is 61.5 Å². The molecule has 0 spiro atoms. The Labute approximate surface area is 168 Å².